The third kappa shape index (κ3) is 5.07. The number of ether oxygens (including phenoxy) is 1. The molecule has 2 heterocycles. The quantitative estimate of drug-likeness (QED) is 0.400. The van der Waals surface area contributed by atoms with Gasteiger partial charge in [-0.15, -0.1) is 11.3 Å². The van der Waals surface area contributed by atoms with Gasteiger partial charge < -0.3 is 10.1 Å². The Morgan fingerprint density at radius 3 is 2.62 bits per heavy atom. The Labute approximate surface area is 201 Å². The lowest BCUT2D eigenvalue weighted by Crippen LogP contribution is -2.28. The highest BCUT2D eigenvalue weighted by Crippen LogP contribution is 2.27. The third-order valence-corrected chi connectivity index (χ3v) is 6.73. The van der Waals surface area contributed by atoms with Gasteiger partial charge in [0.2, 0.25) is 5.91 Å². The van der Waals surface area contributed by atoms with Gasteiger partial charge in [0.15, 0.2) is 0 Å². The van der Waals surface area contributed by atoms with Crippen LogP contribution < -0.4 is 10.9 Å². The number of thiophene rings is 1. The number of carbonyl (C=O) groups excluding carboxylic acids is 2. The summed E-state index contributed by atoms with van der Waals surface area (Å²) < 4.78 is 6.69. The van der Waals surface area contributed by atoms with E-state index in [0.29, 0.717) is 32.8 Å². The van der Waals surface area contributed by atoms with Gasteiger partial charge in [0.1, 0.15) is 16.3 Å². The highest BCUT2D eigenvalue weighted by atomic mass is 32.1. The number of esters is 1. The lowest BCUT2D eigenvalue weighted by atomic mass is 10.1. The van der Waals surface area contributed by atoms with E-state index in [2.05, 4.69) is 10.3 Å². The van der Waals surface area contributed by atoms with Crippen molar-refractivity contribution in [2.45, 2.75) is 33.7 Å². The third-order valence-electron chi connectivity index (χ3n) is 5.55. The molecular weight excluding hydrogens is 450 g/mol. The van der Waals surface area contributed by atoms with Crippen molar-refractivity contribution in [2.75, 3.05) is 11.9 Å². The average Bonchev–Trinajstić information content (AvgIpc) is 3.16. The summed E-state index contributed by atoms with van der Waals surface area (Å²) in [6, 6.07) is 15.5. The van der Waals surface area contributed by atoms with Crippen molar-refractivity contribution in [1.29, 1.82) is 0 Å². The first kappa shape index (κ1) is 23.4. The molecule has 7 nitrogen and oxygen atoms in total. The minimum Gasteiger partial charge on any atom is -0.461 e. The van der Waals surface area contributed by atoms with Gasteiger partial charge >= 0.3 is 5.97 Å². The molecule has 0 unspecified atom stereocenters. The van der Waals surface area contributed by atoms with Crippen LogP contribution in [-0.4, -0.2) is 28.0 Å². The van der Waals surface area contributed by atoms with E-state index in [9.17, 15) is 14.4 Å². The lowest BCUT2D eigenvalue weighted by Gasteiger charge is -2.10. The minimum atomic E-state index is -0.477. The van der Waals surface area contributed by atoms with Crippen LogP contribution in [0.4, 0.5) is 5.69 Å². The Hall–Kier alpha value is -3.78. The molecule has 0 aliphatic rings. The van der Waals surface area contributed by atoms with Crippen LogP contribution in [-0.2, 0) is 22.5 Å². The molecule has 0 saturated heterocycles. The van der Waals surface area contributed by atoms with Crippen LogP contribution in [0.15, 0.2) is 59.7 Å². The summed E-state index contributed by atoms with van der Waals surface area (Å²) in [5, 5.41) is 3.19. The highest BCUT2D eigenvalue weighted by molar-refractivity contribution is 7.20. The van der Waals surface area contributed by atoms with E-state index in [1.165, 1.54) is 10.9 Å². The topological polar surface area (TPSA) is 90.3 Å². The molecule has 0 radical (unpaired) electrons. The van der Waals surface area contributed by atoms with E-state index in [0.717, 1.165) is 28.0 Å². The first-order valence-electron chi connectivity index (χ1n) is 10.9. The van der Waals surface area contributed by atoms with Crippen molar-refractivity contribution >= 4 is 39.1 Å². The molecule has 0 aliphatic carbocycles. The van der Waals surface area contributed by atoms with Crippen LogP contribution in [0.2, 0.25) is 0 Å². The van der Waals surface area contributed by atoms with Gasteiger partial charge in [-0.05, 0) is 49.1 Å². The summed E-state index contributed by atoms with van der Waals surface area (Å²) in [6.45, 7) is 5.62. The Kier molecular flexibility index (Phi) is 6.88. The van der Waals surface area contributed by atoms with Crippen molar-refractivity contribution < 1.29 is 14.3 Å². The van der Waals surface area contributed by atoms with Crippen LogP contribution >= 0.6 is 11.3 Å². The number of fused-ring (bicyclic) bond motifs is 1. The maximum absolute atomic E-state index is 13.1. The molecule has 8 heteroatoms. The van der Waals surface area contributed by atoms with Crippen LogP contribution in [0.1, 0.15) is 31.9 Å². The average molecular weight is 476 g/mol. The second-order valence-electron chi connectivity index (χ2n) is 8.15. The fourth-order valence-corrected chi connectivity index (χ4v) is 4.69. The summed E-state index contributed by atoms with van der Waals surface area (Å²) in [6.07, 6.45) is 1.95. The number of hydrogen-bond donors (Lipinski definition) is 1. The van der Waals surface area contributed by atoms with Crippen molar-refractivity contribution in [3.05, 3.63) is 92.3 Å². The van der Waals surface area contributed by atoms with E-state index in [-0.39, 0.29) is 24.6 Å². The van der Waals surface area contributed by atoms with Crippen LogP contribution in [0.25, 0.3) is 10.2 Å². The molecule has 0 saturated carbocycles. The zero-order chi connectivity index (χ0) is 24.2. The zero-order valence-corrected chi connectivity index (χ0v) is 20.1. The van der Waals surface area contributed by atoms with Gasteiger partial charge in [-0.3, -0.25) is 14.2 Å². The summed E-state index contributed by atoms with van der Waals surface area (Å²) in [5.74, 6) is -0.805. The van der Waals surface area contributed by atoms with E-state index in [1.807, 2.05) is 62.4 Å². The molecule has 0 atom stereocenters. The van der Waals surface area contributed by atoms with Gasteiger partial charge in [0.25, 0.3) is 5.56 Å². The van der Waals surface area contributed by atoms with E-state index in [1.54, 1.807) is 6.92 Å². The fraction of sp³-hybridized carbons (Fsp3) is 0.231. The molecule has 0 aliphatic heterocycles. The number of rotatable bonds is 7. The zero-order valence-electron chi connectivity index (χ0n) is 19.3. The normalized spacial score (nSPS) is 10.9. The van der Waals surface area contributed by atoms with Gasteiger partial charge in [0.05, 0.1) is 18.3 Å². The molecule has 2 aromatic carbocycles. The van der Waals surface area contributed by atoms with Crippen molar-refractivity contribution in [3.63, 3.8) is 0 Å². The van der Waals surface area contributed by atoms with Crippen molar-refractivity contribution in [1.82, 2.24) is 9.55 Å². The number of hydrogen-bond acceptors (Lipinski definition) is 6. The number of carbonyl (C=O) groups is 2. The maximum atomic E-state index is 13.1. The Balaban J connectivity index is 1.49. The van der Waals surface area contributed by atoms with Crippen molar-refractivity contribution in [2.24, 2.45) is 0 Å². The number of benzene rings is 2. The molecule has 174 valence electrons. The fourth-order valence-electron chi connectivity index (χ4n) is 3.65. The molecule has 4 aromatic rings. The monoisotopic (exact) mass is 475 g/mol. The predicted octanol–water partition coefficient (Wildman–Crippen LogP) is 4.42. The number of aromatic nitrogens is 2. The van der Waals surface area contributed by atoms with Crippen LogP contribution in [0, 0.1) is 20.8 Å². The maximum Gasteiger partial charge on any atom is 0.348 e. The Morgan fingerprint density at radius 1 is 1.09 bits per heavy atom. The second-order valence-corrected chi connectivity index (χ2v) is 9.15. The van der Waals surface area contributed by atoms with Gasteiger partial charge in [-0.25, -0.2) is 9.78 Å². The highest BCUT2D eigenvalue weighted by Gasteiger charge is 2.21. The second kappa shape index (κ2) is 10.0. The Morgan fingerprint density at radius 2 is 1.85 bits per heavy atom. The van der Waals surface area contributed by atoms with Crippen LogP contribution in [0.3, 0.4) is 0 Å². The van der Waals surface area contributed by atoms with Gasteiger partial charge in [-0.2, -0.15) is 0 Å². The van der Waals surface area contributed by atoms with E-state index < -0.39 is 5.97 Å². The van der Waals surface area contributed by atoms with E-state index >= 15 is 0 Å². The van der Waals surface area contributed by atoms with Crippen molar-refractivity contribution in [3.8, 4) is 0 Å². The van der Waals surface area contributed by atoms with Crippen LogP contribution in [0.5, 0.6) is 0 Å². The largest absolute Gasteiger partial charge is 0.461 e. The summed E-state index contributed by atoms with van der Waals surface area (Å²) >= 11 is 1.13. The van der Waals surface area contributed by atoms with Gasteiger partial charge in [-0.1, -0.05) is 42.5 Å². The SMILES string of the molecule is Cc1ccc(C)c(NC(=O)Cn2cnc3sc(C(=O)OCCc4ccccc4)c(C)c3c2=O)c1. The molecule has 0 bridgehead atoms. The Bertz CT molecular complexity index is 1420. The summed E-state index contributed by atoms with van der Waals surface area (Å²) in [4.78, 5) is 43.5. The number of aryl methyl sites for hydroxylation is 3. The molecular formula is C26H25N3O4S. The molecule has 0 spiro atoms. The lowest BCUT2D eigenvalue weighted by molar-refractivity contribution is -0.116. The number of amides is 1. The molecule has 1 N–H and O–H groups in total. The first-order valence-corrected chi connectivity index (χ1v) is 11.7. The standard InChI is InChI=1S/C26H25N3O4S/c1-16-9-10-17(2)20(13-16)28-21(30)14-29-15-27-24-22(25(29)31)18(3)23(34-24)26(32)33-12-11-19-7-5-4-6-8-19/h4-10,13,15H,11-12,14H2,1-3H3,(H,28,30). The molecule has 2 aromatic heterocycles. The molecule has 1 amide bonds. The van der Waals surface area contributed by atoms with Gasteiger partial charge in [0, 0.05) is 12.1 Å². The molecule has 4 rings (SSSR count). The number of anilines is 1. The molecule has 34 heavy (non-hydrogen) atoms. The number of nitrogens with one attached hydrogen (secondary N) is 1. The first-order chi connectivity index (χ1) is 16.3. The smallest absolute Gasteiger partial charge is 0.348 e. The molecule has 0 fully saturated rings. The summed E-state index contributed by atoms with van der Waals surface area (Å²) in [7, 11) is 0. The number of nitrogens with zero attached hydrogens (tertiary/aromatic N) is 2. The predicted molar refractivity (Wildman–Crippen MR) is 134 cm³/mol. The summed E-state index contributed by atoms with van der Waals surface area (Å²) in [5.41, 5.74) is 3.90. The minimum absolute atomic E-state index is 0.179. The van der Waals surface area contributed by atoms with E-state index in [4.69, 9.17) is 4.74 Å².